The van der Waals surface area contributed by atoms with Crippen LogP contribution in [0.5, 0.6) is 0 Å². The average molecular weight is 142 g/mol. The van der Waals surface area contributed by atoms with Crippen LogP contribution in [0.15, 0.2) is 0 Å². The lowest BCUT2D eigenvalue weighted by Crippen LogP contribution is -2.11. The van der Waals surface area contributed by atoms with Crippen molar-refractivity contribution in [1.29, 1.82) is 0 Å². The van der Waals surface area contributed by atoms with Crippen molar-refractivity contribution >= 4 is 8.25 Å². The van der Waals surface area contributed by atoms with Gasteiger partial charge in [0.15, 0.2) is 0 Å². The molecule has 0 fully saturated rings. The van der Waals surface area contributed by atoms with Gasteiger partial charge in [0.05, 0.1) is 0 Å². The van der Waals surface area contributed by atoms with Crippen molar-refractivity contribution in [3.8, 4) is 0 Å². The molecule has 0 aromatic heterocycles. The first-order valence-electron chi connectivity index (χ1n) is 1.97. The molecule has 0 bridgehead atoms. The molecule has 0 atom stereocenters. The van der Waals surface area contributed by atoms with Crippen molar-refractivity contribution in [2.24, 2.45) is 11.5 Å². The quantitative estimate of drug-likeness (QED) is 0.325. The monoisotopic (exact) mass is 142 g/mol. The second-order valence-corrected chi connectivity index (χ2v) is 1.43. The van der Waals surface area contributed by atoms with E-state index in [1.807, 2.05) is 0 Å². The van der Waals surface area contributed by atoms with Crippen LogP contribution in [-0.2, 0) is 4.57 Å². The van der Waals surface area contributed by atoms with Gasteiger partial charge in [-0.1, -0.05) is 0 Å². The van der Waals surface area contributed by atoms with Gasteiger partial charge >= 0.3 is 8.25 Å². The Morgan fingerprint density at radius 3 is 1.38 bits per heavy atom. The summed E-state index contributed by atoms with van der Waals surface area (Å²) in [6.45, 7) is 1.19. The first-order chi connectivity index (χ1) is 3.65. The molecular weight excluding hydrogens is 131 g/mol. The first-order valence-corrected chi connectivity index (χ1v) is 3.27. The number of nitrogens with two attached hydrogens (primary N) is 2. The summed E-state index contributed by atoms with van der Waals surface area (Å²) in [6, 6.07) is 0. The van der Waals surface area contributed by atoms with Gasteiger partial charge in [0.2, 0.25) is 0 Å². The molecule has 6 heteroatoms. The second kappa shape index (κ2) is 10.1. The van der Waals surface area contributed by atoms with Crippen molar-refractivity contribution in [3.05, 3.63) is 0 Å². The minimum atomic E-state index is -3.13. The molecular formula is C2H11N2O3P. The molecule has 0 aromatic rings. The van der Waals surface area contributed by atoms with Crippen LogP contribution in [-0.4, -0.2) is 22.9 Å². The van der Waals surface area contributed by atoms with Gasteiger partial charge in [-0.3, -0.25) is 4.57 Å². The number of hydrogen-bond acceptors (Lipinski definition) is 3. The molecule has 0 aliphatic rings. The van der Waals surface area contributed by atoms with Crippen LogP contribution >= 0.6 is 8.25 Å². The van der Waals surface area contributed by atoms with Gasteiger partial charge in [-0.15, -0.1) is 0 Å². The molecule has 0 unspecified atom stereocenters. The minimum Gasteiger partial charge on any atom is -0.329 e. The number of hydrogen-bond donors (Lipinski definition) is 4. The average Bonchev–Trinajstić information content (AvgIpc) is 1.65. The first kappa shape index (κ1) is 10.9. The Morgan fingerprint density at radius 2 is 1.38 bits per heavy atom. The highest BCUT2D eigenvalue weighted by atomic mass is 31.1. The third-order valence-corrected chi connectivity index (χ3v) is 0.167. The third kappa shape index (κ3) is 136. The summed E-state index contributed by atoms with van der Waals surface area (Å²) < 4.78 is 8.74. The maximum atomic E-state index is 8.74. The summed E-state index contributed by atoms with van der Waals surface area (Å²) in [5, 5.41) is 0. The van der Waals surface area contributed by atoms with E-state index in [9.17, 15) is 0 Å². The van der Waals surface area contributed by atoms with E-state index in [1.54, 1.807) is 0 Å². The molecule has 0 amide bonds. The summed E-state index contributed by atoms with van der Waals surface area (Å²) in [7, 11) is -3.13. The second-order valence-electron chi connectivity index (χ2n) is 0.860. The van der Waals surface area contributed by atoms with Crippen LogP contribution in [0.25, 0.3) is 0 Å². The topological polar surface area (TPSA) is 110 Å². The van der Waals surface area contributed by atoms with E-state index < -0.39 is 8.25 Å². The zero-order valence-electron chi connectivity index (χ0n) is 4.37. The molecule has 0 heterocycles. The molecule has 52 valence electrons. The van der Waals surface area contributed by atoms with Gasteiger partial charge in [-0.2, -0.15) is 0 Å². The maximum absolute atomic E-state index is 8.74. The predicted molar refractivity (Wildman–Crippen MR) is 31.5 cm³/mol. The highest BCUT2D eigenvalue weighted by molar-refractivity contribution is 7.30. The Balaban J connectivity index is 0. The SMILES string of the molecule is NCCN.O=[PH](O)O. The van der Waals surface area contributed by atoms with E-state index >= 15 is 0 Å². The van der Waals surface area contributed by atoms with E-state index in [4.69, 9.17) is 25.8 Å². The largest absolute Gasteiger partial charge is 0.329 e. The van der Waals surface area contributed by atoms with Gasteiger partial charge < -0.3 is 21.3 Å². The highest BCUT2D eigenvalue weighted by Crippen LogP contribution is 1.98. The summed E-state index contributed by atoms with van der Waals surface area (Å²) >= 11 is 0. The fraction of sp³-hybridized carbons (Fsp3) is 1.00. The zero-order chi connectivity index (χ0) is 6.99. The van der Waals surface area contributed by atoms with Crippen molar-refractivity contribution < 1.29 is 14.4 Å². The molecule has 0 aliphatic carbocycles. The van der Waals surface area contributed by atoms with Crippen LogP contribution < -0.4 is 11.5 Å². The molecule has 6 N–H and O–H groups in total. The Hall–Kier alpha value is 0.0700. The van der Waals surface area contributed by atoms with Gasteiger partial charge in [-0.25, -0.2) is 0 Å². The van der Waals surface area contributed by atoms with E-state index in [2.05, 4.69) is 0 Å². The lowest BCUT2D eigenvalue weighted by Gasteiger charge is -1.72. The van der Waals surface area contributed by atoms with Gasteiger partial charge in [0, 0.05) is 13.1 Å². The van der Waals surface area contributed by atoms with Crippen LogP contribution in [0, 0.1) is 0 Å². The van der Waals surface area contributed by atoms with Crippen molar-refractivity contribution in [2.45, 2.75) is 0 Å². The standard InChI is InChI=1S/C2H8N2.H3O3P/c3-1-2-4;1-4(2)3/h1-4H2;4H,(H2,1,2,3). The lowest BCUT2D eigenvalue weighted by molar-refractivity contribution is 0.405. The maximum Gasteiger partial charge on any atom is 0.314 e. The summed E-state index contributed by atoms with van der Waals surface area (Å²) in [6.07, 6.45) is 0. The van der Waals surface area contributed by atoms with E-state index in [-0.39, 0.29) is 0 Å². The number of rotatable bonds is 1. The van der Waals surface area contributed by atoms with Crippen LogP contribution in [0.3, 0.4) is 0 Å². The molecule has 0 rings (SSSR count). The Morgan fingerprint density at radius 1 is 1.25 bits per heavy atom. The van der Waals surface area contributed by atoms with E-state index in [0.29, 0.717) is 13.1 Å². The third-order valence-electron chi connectivity index (χ3n) is 0.167. The lowest BCUT2D eigenvalue weighted by atomic mass is 10.7. The fourth-order valence-electron chi connectivity index (χ4n) is 0. The van der Waals surface area contributed by atoms with Gasteiger partial charge in [-0.05, 0) is 0 Å². The predicted octanol–water partition coefficient (Wildman–Crippen LogP) is -1.74. The molecule has 0 spiro atoms. The Kier molecular flexibility index (Phi) is 13.9. The Bertz CT molecular complexity index is 53.2. The van der Waals surface area contributed by atoms with Crippen LogP contribution in [0.4, 0.5) is 0 Å². The fourth-order valence-corrected chi connectivity index (χ4v) is 0. The summed E-state index contributed by atoms with van der Waals surface area (Å²) in [5.41, 5.74) is 9.81. The van der Waals surface area contributed by atoms with Crippen molar-refractivity contribution in [1.82, 2.24) is 0 Å². The van der Waals surface area contributed by atoms with Crippen LogP contribution in [0.1, 0.15) is 0 Å². The zero-order valence-corrected chi connectivity index (χ0v) is 5.37. The van der Waals surface area contributed by atoms with Gasteiger partial charge in [0.1, 0.15) is 0 Å². The molecule has 0 saturated carbocycles. The molecule has 0 radical (unpaired) electrons. The van der Waals surface area contributed by atoms with E-state index in [1.165, 1.54) is 0 Å². The van der Waals surface area contributed by atoms with Gasteiger partial charge in [0.25, 0.3) is 0 Å². The van der Waals surface area contributed by atoms with Crippen molar-refractivity contribution in [3.63, 3.8) is 0 Å². The normalized spacial score (nSPS) is 8.12. The summed E-state index contributed by atoms with van der Waals surface area (Å²) in [5.74, 6) is 0. The van der Waals surface area contributed by atoms with Crippen molar-refractivity contribution in [2.75, 3.05) is 13.1 Å². The summed E-state index contributed by atoms with van der Waals surface area (Å²) in [4.78, 5) is 14.3. The highest BCUT2D eigenvalue weighted by Gasteiger charge is 1.61. The molecule has 5 nitrogen and oxygen atoms in total. The molecule has 0 aliphatic heterocycles. The molecule has 0 saturated heterocycles. The Labute approximate surface area is 48.3 Å². The minimum absolute atomic E-state index is 0.597. The van der Waals surface area contributed by atoms with Crippen LogP contribution in [0.2, 0.25) is 0 Å². The molecule has 0 aromatic carbocycles. The van der Waals surface area contributed by atoms with E-state index in [0.717, 1.165) is 0 Å². The molecule has 8 heavy (non-hydrogen) atoms. The smallest absolute Gasteiger partial charge is 0.314 e.